The van der Waals surface area contributed by atoms with E-state index >= 15 is 0 Å². The highest BCUT2D eigenvalue weighted by Crippen LogP contribution is 2.15. The van der Waals surface area contributed by atoms with Gasteiger partial charge < -0.3 is 15.0 Å². The van der Waals surface area contributed by atoms with Crippen LogP contribution in [0.25, 0.3) is 0 Å². The molecule has 1 aliphatic rings. The number of ether oxygens (including phenoxy) is 1. The van der Waals surface area contributed by atoms with Gasteiger partial charge in [-0.2, -0.15) is 5.10 Å². The van der Waals surface area contributed by atoms with Gasteiger partial charge in [0.15, 0.2) is 0 Å². The molecule has 1 fully saturated rings. The predicted octanol–water partition coefficient (Wildman–Crippen LogP) is 1.53. The van der Waals surface area contributed by atoms with Crippen LogP contribution in [0.3, 0.4) is 0 Å². The minimum Gasteiger partial charge on any atom is -0.379 e. The van der Waals surface area contributed by atoms with Gasteiger partial charge in [0.1, 0.15) is 0 Å². The van der Waals surface area contributed by atoms with Crippen molar-refractivity contribution in [2.75, 3.05) is 57.2 Å². The number of hydrogen-bond acceptors (Lipinski definition) is 5. The molecule has 0 unspecified atom stereocenters. The van der Waals surface area contributed by atoms with Crippen LogP contribution in [0.5, 0.6) is 0 Å². The molecule has 7 nitrogen and oxygen atoms in total. The minimum absolute atomic E-state index is 0.128. The molecule has 0 spiro atoms. The van der Waals surface area contributed by atoms with Crippen LogP contribution < -0.4 is 10.2 Å². The van der Waals surface area contributed by atoms with E-state index in [9.17, 15) is 4.79 Å². The maximum Gasteiger partial charge on any atom is 0.255 e. The fraction of sp³-hybridized carbons (Fsp3) is 0.444. The van der Waals surface area contributed by atoms with Gasteiger partial charge in [-0.15, -0.1) is 0 Å². The van der Waals surface area contributed by atoms with Crippen LogP contribution in [0.1, 0.15) is 10.4 Å². The molecule has 3 rings (SSSR count). The van der Waals surface area contributed by atoms with Crippen molar-refractivity contribution in [3.8, 4) is 0 Å². The summed E-state index contributed by atoms with van der Waals surface area (Å²) in [6.07, 6.45) is 3.56. The van der Waals surface area contributed by atoms with Crippen molar-refractivity contribution in [3.63, 3.8) is 0 Å². The van der Waals surface area contributed by atoms with Crippen LogP contribution in [0, 0.1) is 0 Å². The Morgan fingerprint density at radius 2 is 2.08 bits per heavy atom. The van der Waals surface area contributed by atoms with Gasteiger partial charge in [-0.1, -0.05) is 6.07 Å². The summed E-state index contributed by atoms with van der Waals surface area (Å²) in [5.41, 5.74) is 2.34. The molecule has 0 bridgehead atoms. The molecule has 1 saturated heterocycles. The smallest absolute Gasteiger partial charge is 0.255 e. The average Bonchev–Trinajstić information content (AvgIpc) is 3.08. The van der Waals surface area contributed by atoms with Crippen molar-refractivity contribution in [3.05, 3.63) is 42.2 Å². The third-order valence-corrected chi connectivity index (χ3v) is 4.26. The van der Waals surface area contributed by atoms with Crippen molar-refractivity contribution in [2.45, 2.75) is 6.54 Å². The lowest BCUT2D eigenvalue weighted by Crippen LogP contribution is -2.38. The molecule has 1 aromatic heterocycles. The molecule has 1 amide bonds. The normalized spacial score (nSPS) is 15.1. The van der Waals surface area contributed by atoms with E-state index in [1.54, 1.807) is 6.20 Å². The molecule has 1 N–H and O–H groups in total. The third kappa shape index (κ3) is 4.80. The van der Waals surface area contributed by atoms with E-state index < -0.39 is 0 Å². The molecule has 7 heteroatoms. The molecule has 134 valence electrons. The lowest BCUT2D eigenvalue weighted by molar-refractivity contribution is 0.0360. The van der Waals surface area contributed by atoms with Gasteiger partial charge in [-0.3, -0.25) is 14.4 Å². The Balaban J connectivity index is 1.55. The number of amides is 1. The summed E-state index contributed by atoms with van der Waals surface area (Å²) in [5, 5.41) is 7.24. The number of anilines is 2. The molecule has 2 heterocycles. The highest BCUT2D eigenvalue weighted by molar-refractivity contribution is 6.04. The molecule has 25 heavy (non-hydrogen) atoms. The second-order valence-corrected chi connectivity index (χ2v) is 6.34. The van der Waals surface area contributed by atoms with Crippen LogP contribution in [0.4, 0.5) is 11.4 Å². The van der Waals surface area contributed by atoms with Gasteiger partial charge in [0.2, 0.25) is 0 Å². The highest BCUT2D eigenvalue weighted by Gasteiger charge is 2.11. The van der Waals surface area contributed by atoms with Crippen LogP contribution in [0.2, 0.25) is 0 Å². The van der Waals surface area contributed by atoms with Crippen LogP contribution in [0.15, 0.2) is 36.7 Å². The zero-order valence-electron chi connectivity index (χ0n) is 14.8. The van der Waals surface area contributed by atoms with E-state index in [4.69, 9.17) is 4.74 Å². The second-order valence-electron chi connectivity index (χ2n) is 6.34. The van der Waals surface area contributed by atoms with Gasteiger partial charge in [-0.25, -0.2) is 0 Å². The van der Waals surface area contributed by atoms with Crippen molar-refractivity contribution in [2.24, 2.45) is 0 Å². The molecule has 1 aliphatic heterocycles. The zero-order valence-corrected chi connectivity index (χ0v) is 14.8. The molecule has 2 aromatic rings. The Hall–Kier alpha value is -2.38. The van der Waals surface area contributed by atoms with E-state index in [1.165, 1.54) is 0 Å². The number of morpholine rings is 1. The van der Waals surface area contributed by atoms with Gasteiger partial charge in [0.05, 0.1) is 31.6 Å². The SMILES string of the molecule is CN(C)c1cccc(C(=O)Nc2cnn(CCN3CCOCC3)c2)c1. The highest BCUT2D eigenvalue weighted by atomic mass is 16.5. The van der Waals surface area contributed by atoms with E-state index in [1.807, 2.05) is 54.1 Å². The maximum atomic E-state index is 12.4. The summed E-state index contributed by atoms with van der Waals surface area (Å²) < 4.78 is 7.21. The Bertz CT molecular complexity index is 707. The summed E-state index contributed by atoms with van der Waals surface area (Å²) in [7, 11) is 3.91. The number of aromatic nitrogens is 2. The largest absolute Gasteiger partial charge is 0.379 e. The first-order valence-electron chi connectivity index (χ1n) is 8.53. The molecule has 0 atom stereocenters. The van der Waals surface area contributed by atoms with Gasteiger partial charge in [-0.05, 0) is 18.2 Å². The fourth-order valence-electron chi connectivity index (χ4n) is 2.75. The number of benzene rings is 1. The Kier molecular flexibility index (Phi) is 5.67. The Morgan fingerprint density at radius 1 is 1.28 bits per heavy atom. The van der Waals surface area contributed by atoms with Crippen LogP contribution in [-0.4, -0.2) is 67.5 Å². The monoisotopic (exact) mass is 343 g/mol. The zero-order chi connectivity index (χ0) is 17.6. The van der Waals surface area contributed by atoms with Crippen LogP contribution >= 0.6 is 0 Å². The Labute approximate surface area is 148 Å². The van der Waals surface area contributed by atoms with E-state index in [0.717, 1.165) is 45.1 Å². The summed E-state index contributed by atoms with van der Waals surface area (Å²) in [6.45, 7) is 5.26. The third-order valence-electron chi connectivity index (χ3n) is 4.26. The first kappa shape index (κ1) is 17.4. The fourth-order valence-corrected chi connectivity index (χ4v) is 2.75. The number of nitrogens with zero attached hydrogens (tertiary/aromatic N) is 4. The summed E-state index contributed by atoms with van der Waals surface area (Å²) in [6, 6.07) is 7.54. The lowest BCUT2D eigenvalue weighted by atomic mass is 10.2. The molecular weight excluding hydrogens is 318 g/mol. The van der Waals surface area contributed by atoms with Crippen molar-refractivity contribution in [1.82, 2.24) is 14.7 Å². The number of hydrogen-bond donors (Lipinski definition) is 1. The van der Waals surface area contributed by atoms with Gasteiger partial charge in [0.25, 0.3) is 5.91 Å². The van der Waals surface area contributed by atoms with E-state index in [2.05, 4.69) is 15.3 Å². The van der Waals surface area contributed by atoms with Crippen molar-refractivity contribution < 1.29 is 9.53 Å². The average molecular weight is 343 g/mol. The molecular formula is C18H25N5O2. The topological polar surface area (TPSA) is 62.6 Å². The summed E-state index contributed by atoms with van der Waals surface area (Å²) >= 11 is 0. The second kappa shape index (κ2) is 8.13. The summed E-state index contributed by atoms with van der Waals surface area (Å²) in [4.78, 5) is 16.7. The molecule has 1 aromatic carbocycles. The standard InChI is InChI=1S/C18H25N5O2/c1-21(2)17-5-3-4-15(12-17)18(24)20-16-13-19-23(14-16)7-6-22-8-10-25-11-9-22/h3-5,12-14H,6-11H2,1-2H3,(H,20,24). The lowest BCUT2D eigenvalue weighted by Gasteiger charge is -2.26. The number of rotatable bonds is 6. The number of nitrogens with one attached hydrogen (secondary N) is 1. The van der Waals surface area contributed by atoms with Crippen molar-refractivity contribution >= 4 is 17.3 Å². The quantitative estimate of drug-likeness (QED) is 0.862. The van der Waals surface area contributed by atoms with E-state index in [-0.39, 0.29) is 5.91 Å². The summed E-state index contributed by atoms with van der Waals surface area (Å²) in [5.74, 6) is -0.128. The molecule has 0 aliphatic carbocycles. The Morgan fingerprint density at radius 3 is 2.84 bits per heavy atom. The van der Waals surface area contributed by atoms with Crippen molar-refractivity contribution in [1.29, 1.82) is 0 Å². The van der Waals surface area contributed by atoms with E-state index in [0.29, 0.717) is 11.3 Å². The van der Waals surface area contributed by atoms with Gasteiger partial charge in [0, 0.05) is 51.2 Å². The number of carbonyl (C=O) groups is 1. The van der Waals surface area contributed by atoms with Gasteiger partial charge >= 0.3 is 0 Å². The first-order chi connectivity index (χ1) is 12.1. The number of carbonyl (C=O) groups excluding carboxylic acids is 1. The predicted molar refractivity (Wildman–Crippen MR) is 98.2 cm³/mol. The van der Waals surface area contributed by atoms with Crippen LogP contribution in [-0.2, 0) is 11.3 Å². The minimum atomic E-state index is -0.128. The molecule has 0 saturated carbocycles. The first-order valence-corrected chi connectivity index (χ1v) is 8.53. The maximum absolute atomic E-state index is 12.4. The molecule has 0 radical (unpaired) electrons.